The zero-order valence-corrected chi connectivity index (χ0v) is 44.6. The van der Waals surface area contributed by atoms with Crippen molar-refractivity contribution in [2.45, 2.75) is 111 Å². The van der Waals surface area contributed by atoms with Crippen molar-refractivity contribution in [1.82, 2.24) is 24.7 Å². The summed E-state index contributed by atoms with van der Waals surface area (Å²) in [5.41, 5.74) is -2.14. The van der Waals surface area contributed by atoms with Crippen LogP contribution >= 0.6 is 0 Å². The van der Waals surface area contributed by atoms with E-state index in [0.29, 0.717) is 17.9 Å². The summed E-state index contributed by atoms with van der Waals surface area (Å²) in [5.74, 6) is -9.20. The number of allylic oxidation sites excluding steroid dienone is 4. The highest BCUT2D eigenvalue weighted by Gasteiger charge is 2.53. The largest absolute Gasteiger partial charge is 0.507 e. The third-order valence-electron chi connectivity index (χ3n) is 15.3. The van der Waals surface area contributed by atoms with E-state index in [1.807, 2.05) is 6.92 Å². The number of piperazine rings is 1. The third-order valence-corrected chi connectivity index (χ3v) is 15.3. The quantitative estimate of drug-likeness (QED) is 0.138. The molecule has 0 spiro atoms. The van der Waals surface area contributed by atoms with Crippen molar-refractivity contribution in [1.29, 1.82) is 0 Å². The van der Waals surface area contributed by atoms with Crippen LogP contribution in [0.4, 0.5) is 5.82 Å². The number of aromatic nitrogens is 2. The van der Waals surface area contributed by atoms with E-state index in [-0.39, 0.29) is 72.8 Å². The van der Waals surface area contributed by atoms with Crippen LogP contribution in [-0.2, 0) is 30.3 Å². The Bertz CT molecular complexity index is 2950. The lowest BCUT2D eigenvalue weighted by Gasteiger charge is -2.40. The SMILES string of the molecule is CO[C@H]1/C=C/O[C@@]2(C)Oc3c(C)c(O)c4c(c3C2=O)C(=O)C(N2CCN(C(O)c3ccc(OCC5(C)Cn6cc(N=O)nc6O5)cc3)CC2)=C(NC(=O)/C(C)=C\C=C\[C@H](C)[C@H](O)[C@@H](C)[C@@H](O)[C@@H](C)[C@H](OC(C)=O)[C@@H]1C)C4=O. The molecule has 22 heteroatoms. The molecule has 6 heterocycles. The van der Waals surface area contributed by atoms with Gasteiger partial charge in [0.05, 0.1) is 54.0 Å². The molecule has 5 bridgehead atoms. The van der Waals surface area contributed by atoms with Gasteiger partial charge in [0.15, 0.2) is 5.60 Å². The lowest BCUT2D eigenvalue weighted by Crippen LogP contribution is -2.50. The Morgan fingerprint density at radius 2 is 1.61 bits per heavy atom. The first-order valence-electron chi connectivity index (χ1n) is 25.5. The molecule has 9 rings (SSSR count). The first kappa shape index (κ1) is 56.0. The topological polar surface area (TPSA) is 287 Å². The maximum Gasteiger partial charge on any atom is 0.312 e. The Balaban J connectivity index is 1.09. The number of aliphatic hydroxyl groups is 3. The summed E-state index contributed by atoms with van der Waals surface area (Å²) in [7, 11) is 1.41. The van der Waals surface area contributed by atoms with Crippen molar-refractivity contribution in [3.8, 4) is 23.3 Å². The molecule has 5 aliphatic heterocycles. The van der Waals surface area contributed by atoms with Gasteiger partial charge in [0.1, 0.15) is 47.6 Å². The van der Waals surface area contributed by atoms with Crippen LogP contribution in [0, 0.1) is 35.5 Å². The van der Waals surface area contributed by atoms with Crippen molar-refractivity contribution in [2.24, 2.45) is 28.8 Å². The highest BCUT2D eigenvalue weighted by molar-refractivity contribution is 6.32. The number of phenolic OH excluding ortho intramolecular Hbond substituents is 1. The summed E-state index contributed by atoms with van der Waals surface area (Å²) in [6.07, 6.45) is 3.57. The van der Waals surface area contributed by atoms with Gasteiger partial charge in [0.2, 0.25) is 17.4 Å². The molecule has 1 amide bonds. The number of aliphatic hydroxyl groups excluding tert-OH is 3. The summed E-state index contributed by atoms with van der Waals surface area (Å²) in [6, 6.07) is 7.10. The second-order valence-corrected chi connectivity index (χ2v) is 20.9. The highest BCUT2D eigenvalue weighted by atomic mass is 16.7. The second kappa shape index (κ2) is 22.0. The van der Waals surface area contributed by atoms with Gasteiger partial charge in [0.25, 0.3) is 17.7 Å². The number of nitroso groups, excluding NO2 is 1. The molecular formula is C55H66N6O16. The Labute approximate surface area is 444 Å². The molecule has 3 aromatic rings. The third kappa shape index (κ3) is 10.8. The van der Waals surface area contributed by atoms with Crippen molar-refractivity contribution >= 4 is 35.0 Å². The molecule has 0 radical (unpaired) electrons. The number of esters is 1. The fraction of sp³-hybridized carbons (Fsp3) is 0.491. The Hall–Kier alpha value is -7.24. The molecule has 1 aromatic heterocycles. The van der Waals surface area contributed by atoms with Gasteiger partial charge < -0.3 is 59.1 Å². The van der Waals surface area contributed by atoms with Gasteiger partial charge in [-0.25, -0.2) is 0 Å². The zero-order chi connectivity index (χ0) is 56.0. The lowest BCUT2D eigenvalue weighted by molar-refractivity contribution is -0.160. The van der Waals surface area contributed by atoms with Crippen LogP contribution in [0.15, 0.2) is 83.2 Å². The summed E-state index contributed by atoms with van der Waals surface area (Å²) in [5, 5.41) is 52.0. The van der Waals surface area contributed by atoms with Crippen LogP contribution in [-0.4, -0.2) is 145 Å². The van der Waals surface area contributed by atoms with Gasteiger partial charge in [0, 0.05) is 81.9 Å². The number of Topliss-reactive ketones (excluding diaryl/α,β-unsaturated/α-hetero) is 3. The number of carbonyl (C=O) groups excluding carboxylic acids is 5. The molecule has 1 aliphatic carbocycles. The number of nitrogens with one attached hydrogen (secondary N) is 1. The lowest BCUT2D eigenvalue weighted by atomic mass is 9.78. The van der Waals surface area contributed by atoms with Gasteiger partial charge in [-0.2, -0.15) is 4.98 Å². The first-order chi connectivity index (χ1) is 36.4. The maximum absolute atomic E-state index is 15.3. The molecule has 412 valence electrons. The van der Waals surface area contributed by atoms with Crippen LogP contribution in [0.5, 0.6) is 23.3 Å². The smallest absolute Gasteiger partial charge is 0.312 e. The molecule has 2 unspecified atom stereocenters. The molecule has 1 fully saturated rings. The van der Waals surface area contributed by atoms with Gasteiger partial charge in [-0.1, -0.05) is 58.1 Å². The fourth-order valence-electron chi connectivity index (χ4n) is 10.7. The molecule has 6 aliphatic rings. The minimum Gasteiger partial charge on any atom is -0.507 e. The van der Waals surface area contributed by atoms with Crippen LogP contribution in [0.1, 0.15) is 104 Å². The fourth-order valence-corrected chi connectivity index (χ4v) is 10.7. The van der Waals surface area contributed by atoms with E-state index in [0.717, 1.165) is 6.26 Å². The standard InChI is InChI=1S/C55H66N6O16/c1-27-12-11-13-28(2)51(69)57-41-42(59-19-21-60(22-20-59)52(70)34-14-16-35(17-15-34)73-26-54(8)25-61-24-37(58-71)56-53(61)77-54)47(67)38-39(46(41)66)45(65)32(6)49-40(38)50(68)55(9,76-49)74-23-18-36(72-10)29(3)48(75-33(7)62)31(5)44(64)30(4)43(27)63/h11-18,23-24,27,29-31,36,43-44,48,52,63-65,70H,19-22,25-26H2,1-10H3,(H,57,69)/b12-11+,23-18+,28-13-/t27-,29+,30+,31+,36-,43-,44+,48+,52?,54?,55-/m0/s1. The molecule has 77 heavy (non-hydrogen) atoms. The number of carbonyl (C=O) groups is 5. The predicted molar refractivity (Wildman–Crippen MR) is 275 cm³/mol. The average molecular weight is 1070 g/mol. The number of hydrogen-bond donors (Lipinski definition) is 5. The number of imidazole rings is 1. The van der Waals surface area contributed by atoms with Crippen LogP contribution in [0.2, 0.25) is 0 Å². The number of fused-ring (bicyclic) bond motifs is 15. The molecule has 2 aromatic carbocycles. The molecule has 22 nitrogen and oxygen atoms in total. The minimum absolute atomic E-state index is 0.0252. The van der Waals surface area contributed by atoms with Crippen LogP contribution in [0.25, 0.3) is 0 Å². The number of rotatable bonds is 9. The van der Waals surface area contributed by atoms with E-state index < -0.39 is 118 Å². The highest BCUT2D eigenvalue weighted by Crippen LogP contribution is 2.49. The average Bonchev–Trinajstić information content (AvgIpc) is 4.03. The number of hydrogen-bond acceptors (Lipinski definition) is 20. The number of benzene rings is 2. The summed E-state index contributed by atoms with van der Waals surface area (Å²) < 4.78 is 37.4. The van der Waals surface area contributed by atoms with Crippen molar-refractivity contribution < 1.29 is 72.8 Å². The first-order valence-corrected chi connectivity index (χ1v) is 25.5. The molecule has 11 atom stereocenters. The monoisotopic (exact) mass is 1070 g/mol. The number of phenols is 1. The van der Waals surface area contributed by atoms with Gasteiger partial charge in [-0.15, -0.1) is 4.91 Å². The number of aromatic hydroxyl groups is 1. The Morgan fingerprint density at radius 1 is 0.922 bits per heavy atom. The molecule has 1 saturated heterocycles. The number of ketones is 3. The number of methoxy groups -OCH3 is 1. The maximum atomic E-state index is 15.3. The van der Waals surface area contributed by atoms with Gasteiger partial charge in [-0.05, 0) is 49.7 Å². The number of amides is 1. The zero-order valence-electron chi connectivity index (χ0n) is 44.6. The minimum atomic E-state index is -2.15. The molecule has 5 N–H and O–H groups in total. The van der Waals surface area contributed by atoms with E-state index in [1.54, 1.807) is 78.5 Å². The molecular weight excluding hydrogens is 1000 g/mol. The Morgan fingerprint density at radius 3 is 2.25 bits per heavy atom. The normalized spacial score (nSPS) is 31.0. The van der Waals surface area contributed by atoms with E-state index >= 15 is 4.79 Å². The van der Waals surface area contributed by atoms with Gasteiger partial charge >= 0.3 is 11.8 Å². The number of nitrogens with zero attached hydrogens (tertiary/aromatic N) is 5. The number of ether oxygens (including phenoxy) is 6. The second-order valence-electron chi connectivity index (χ2n) is 20.9. The van der Waals surface area contributed by atoms with Crippen molar-refractivity contribution in [3.63, 3.8) is 0 Å². The molecule has 0 saturated carbocycles. The van der Waals surface area contributed by atoms with Crippen molar-refractivity contribution in [2.75, 3.05) is 39.9 Å². The van der Waals surface area contributed by atoms with Crippen LogP contribution < -0.4 is 19.5 Å². The van der Waals surface area contributed by atoms with E-state index in [1.165, 1.54) is 53.2 Å². The summed E-state index contributed by atoms with van der Waals surface area (Å²) in [4.78, 5) is 89.8. The summed E-state index contributed by atoms with van der Waals surface area (Å²) >= 11 is 0. The van der Waals surface area contributed by atoms with E-state index in [4.69, 9.17) is 28.4 Å². The summed E-state index contributed by atoms with van der Waals surface area (Å²) in [6.45, 7) is 15.1. The van der Waals surface area contributed by atoms with E-state index in [2.05, 4.69) is 15.5 Å². The van der Waals surface area contributed by atoms with Crippen LogP contribution in [0.3, 0.4) is 0 Å². The van der Waals surface area contributed by atoms with Crippen molar-refractivity contribution in [3.05, 3.63) is 111 Å². The van der Waals surface area contributed by atoms with Gasteiger partial charge in [-0.3, -0.25) is 33.4 Å². The van der Waals surface area contributed by atoms with E-state index in [9.17, 15) is 44.5 Å². The Kier molecular flexibility index (Phi) is 16.0. The predicted octanol–water partition coefficient (Wildman–Crippen LogP) is 5.09.